The second-order valence-corrected chi connectivity index (χ2v) is 2.33. The molecule has 0 bridgehead atoms. The lowest BCUT2D eigenvalue weighted by atomic mass is 10.2. The quantitative estimate of drug-likeness (QED) is 0.635. The van der Waals surface area contributed by atoms with E-state index in [-0.39, 0.29) is 6.54 Å². The lowest BCUT2D eigenvalue weighted by molar-refractivity contribution is -0.116. The third kappa shape index (κ3) is 6.77. The number of benzene rings is 1. The van der Waals surface area contributed by atoms with E-state index in [0.29, 0.717) is 0 Å². The van der Waals surface area contributed by atoms with Gasteiger partial charge in [-0.05, 0) is 6.92 Å². The number of hydrogen-bond acceptors (Lipinski definition) is 2. The molecule has 0 heterocycles. The predicted octanol–water partition coefficient (Wildman–Crippen LogP) is 0.425. The molecule has 0 atom stereocenters. The first-order chi connectivity index (χ1) is 5.66. The average molecular weight is 166 g/mol. The Balaban J connectivity index is 0.000000217. The van der Waals surface area contributed by atoms with Crippen molar-refractivity contribution in [3.63, 3.8) is 0 Å². The molecule has 0 aliphatic heterocycles. The maximum atomic E-state index is 9.47. The van der Waals surface area contributed by atoms with Crippen LogP contribution in [-0.4, -0.2) is 12.5 Å². The minimum atomic E-state index is -0.468. The Hall–Kier alpha value is -1.35. The zero-order chi connectivity index (χ0) is 9.40. The fraction of sp³-hybridized carbons (Fsp3) is 0.222. The molecule has 1 aromatic carbocycles. The van der Waals surface area contributed by atoms with Gasteiger partial charge in [0.15, 0.2) is 0 Å². The lowest BCUT2D eigenvalue weighted by Gasteiger charge is -1.82. The van der Waals surface area contributed by atoms with Crippen molar-refractivity contribution in [3.05, 3.63) is 35.9 Å². The smallest absolute Gasteiger partial charge is 0.231 e. The standard InChI is InChI=1S/C7H8.C2H6N2O/c1-7-5-3-2-4-6-7;3-1-2(4)5/h2-6H,1H3;1,3H2,(H2,4,5). The molecule has 1 aromatic rings. The van der Waals surface area contributed by atoms with Crippen molar-refractivity contribution >= 4 is 5.91 Å². The van der Waals surface area contributed by atoms with Crippen LogP contribution < -0.4 is 11.5 Å². The molecule has 0 aliphatic rings. The molecule has 1 amide bonds. The van der Waals surface area contributed by atoms with Gasteiger partial charge in [0.1, 0.15) is 0 Å². The molecule has 0 aliphatic carbocycles. The Bertz CT molecular complexity index is 221. The van der Waals surface area contributed by atoms with E-state index in [0.717, 1.165) is 0 Å². The monoisotopic (exact) mass is 166 g/mol. The Morgan fingerprint density at radius 1 is 1.33 bits per heavy atom. The van der Waals surface area contributed by atoms with Crippen LogP contribution in [0.2, 0.25) is 0 Å². The highest BCUT2D eigenvalue weighted by Gasteiger charge is 1.77. The number of primary amides is 1. The van der Waals surface area contributed by atoms with Crippen LogP contribution in [0, 0.1) is 6.92 Å². The van der Waals surface area contributed by atoms with Gasteiger partial charge in [-0.15, -0.1) is 0 Å². The largest absolute Gasteiger partial charge is 0.369 e. The number of aryl methyl sites for hydroxylation is 1. The van der Waals surface area contributed by atoms with E-state index in [1.165, 1.54) is 5.56 Å². The van der Waals surface area contributed by atoms with Gasteiger partial charge in [-0.3, -0.25) is 4.79 Å². The summed E-state index contributed by atoms with van der Waals surface area (Å²) in [5.74, 6) is -0.468. The van der Waals surface area contributed by atoms with Crippen LogP contribution in [0.1, 0.15) is 5.56 Å². The fourth-order valence-electron chi connectivity index (χ4n) is 0.534. The number of hydrogen-bond donors (Lipinski definition) is 2. The van der Waals surface area contributed by atoms with Crippen LogP contribution in [0.25, 0.3) is 0 Å². The van der Waals surface area contributed by atoms with Gasteiger partial charge in [0.05, 0.1) is 6.54 Å². The van der Waals surface area contributed by atoms with E-state index < -0.39 is 5.91 Å². The highest BCUT2D eigenvalue weighted by molar-refractivity contribution is 5.75. The van der Waals surface area contributed by atoms with Crippen molar-refractivity contribution in [2.75, 3.05) is 6.54 Å². The maximum Gasteiger partial charge on any atom is 0.231 e. The Morgan fingerprint density at radius 3 is 1.92 bits per heavy atom. The van der Waals surface area contributed by atoms with Gasteiger partial charge in [-0.25, -0.2) is 0 Å². The first-order valence-corrected chi connectivity index (χ1v) is 3.67. The van der Waals surface area contributed by atoms with Crippen molar-refractivity contribution in [2.45, 2.75) is 6.92 Å². The van der Waals surface area contributed by atoms with E-state index >= 15 is 0 Å². The van der Waals surface area contributed by atoms with Crippen LogP contribution in [0.4, 0.5) is 0 Å². The summed E-state index contributed by atoms with van der Waals surface area (Å²) >= 11 is 0. The van der Waals surface area contributed by atoms with Crippen molar-refractivity contribution < 1.29 is 4.79 Å². The summed E-state index contributed by atoms with van der Waals surface area (Å²) in [6.45, 7) is 2.03. The van der Waals surface area contributed by atoms with Crippen molar-refractivity contribution in [3.8, 4) is 0 Å². The van der Waals surface area contributed by atoms with E-state index in [9.17, 15) is 4.79 Å². The zero-order valence-corrected chi connectivity index (χ0v) is 7.16. The van der Waals surface area contributed by atoms with Crippen molar-refractivity contribution in [1.29, 1.82) is 0 Å². The fourth-order valence-corrected chi connectivity index (χ4v) is 0.534. The molecule has 0 unspecified atom stereocenters. The minimum absolute atomic E-state index is 0.0556. The summed E-state index contributed by atoms with van der Waals surface area (Å²) in [6.07, 6.45) is 0. The van der Waals surface area contributed by atoms with Gasteiger partial charge in [-0.2, -0.15) is 0 Å². The van der Waals surface area contributed by atoms with Gasteiger partial charge in [0.25, 0.3) is 0 Å². The van der Waals surface area contributed by atoms with Crippen molar-refractivity contribution in [1.82, 2.24) is 0 Å². The molecule has 66 valence electrons. The van der Waals surface area contributed by atoms with E-state index in [4.69, 9.17) is 5.73 Å². The van der Waals surface area contributed by atoms with E-state index in [1.807, 2.05) is 18.2 Å². The summed E-state index contributed by atoms with van der Waals surface area (Å²) in [7, 11) is 0. The Labute approximate surface area is 72.4 Å². The second-order valence-electron chi connectivity index (χ2n) is 2.33. The Morgan fingerprint density at radius 2 is 1.75 bits per heavy atom. The molecule has 1 rings (SSSR count). The molecule has 3 nitrogen and oxygen atoms in total. The van der Waals surface area contributed by atoms with Gasteiger partial charge in [0.2, 0.25) is 5.91 Å². The van der Waals surface area contributed by atoms with Crippen LogP contribution >= 0.6 is 0 Å². The molecule has 0 saturated carbocycles. The van der Waals surface area contributed by atoms with Gasteiger partial charge < -0.3 is 11.5 Å². The SMILES string of the molecule is Cc1ccccc1.NCC(N)=O. The summed E-state index contributed by atoms with van der Waals surface area (Å²) < 4.78 is 0. The topological polar surface area (TPSA) is 69.1 Å². The lowest BCUT2D eigenvalue weighted by Crippen LogP contribution is -2.21. The summed E-state index contributed by atoms with van der Waals surface area (Å²) in [4.78, 5) is 9.47. The van der Waals surface area contributed by atoms with Crippen LogP contribution in [0.15, 0.2) is 30.3 Å². The van der Waals surface area contributed by atoms with Crippen LogP contribution in [0.5, 0.6) is 0 Å². The average Bonchev–Trinajstić information content (AvgIpc) is 2.07. The number of carbonyl (C=O) groups is 1. The first kappa shape index (κ1) is 10.7. The third-order valence-corrected chi connectivity index (χ3v) is 1.14. The van der Waals surface area contributed by atoms with Gasteiger partial charge in [0, 0.05) is 0 Å². The molecular formula is C9H14N2O. The molecule has 4 N–H and O–H groups in total. The molecule has 0 spiro atoms. The molecule has 0 aromatic heterocycles. The number of nitrogens with two attached hydrogens (primary N) is 2. The molecule has 0 fully saturated rings. The van der Waals surface area contributed by atoms with Gasteiger partial charge >= 0.3 is 0 Å². The van der Waals surface area contributed by atoms with Crippen LogP contribution in [-0.2, 0) is 4.79 Å². The molecule has 12 heavy (non-hydrogen) atoms. The van der Waals surface area contributed by atoms with Crippen molar-refractivity contribution in [2.24, 2.45) is 11.5 Å². The number of rotatable bonds is 1. The minimum Gasteiger partial charge on any atom is -0.369 e. The second kappa shape index (κ2) is 6.37. The highest BCUT2D eigenvalue weighted by atomic mass is 16.1. The highest BCUT2D eigenvalue weighted by Crippen LogP contribution is 1.92. The summed E-state index contributed by atoms with van der Waals surface area (Å²) in [5, 5.41) is 0. The summed E-state index contributed by atoms with van der Waals surface area (Å²) in [5.41, 5.74) is 10.5. The third-order valence-electron chi connectivity index (χ3n) is 1.14. The Kier molecular flexibility index (Phi) is 5.65. The molecule has 0 radical (unpaired) electrons. The summed E-state index contributed by atoms with van der Waals surface area (Å²) in [6, 6.07) is 10.3. The first-order valence-electron chi connectivity index (χ1n) is 3.67. The zero-order valence-electron chi connectivity index (χ0n) is 7.16. The number of amides is 1. The normalized spacial score (nSPS) is 8.17. The molecule has 0 saturated heterocycles. The van der Waals surface area contributed by atoms with Gasteiger partial charge in [-0.1, -0.05) is 35.9 Å². The van der Waals surface area contributed by atoms with E-state index in [2.05, 4.69) is 24.8 Å². The maximum absolute atomic E-state index is 9.47. The molecular weight excluding hydrogens is 152 g/mol. The predicted molar refractivity (Wildman–Crippen MR) is 49.4 cm³/mol. The molecule has 3 heteroatoms. The number of carbonyl (C=O) groups excluding carboxylic acids is 1. The van der Waals surface area contributed by atoms with E-state index in [1.54, 1.807) is 0 Å². The van der Waals surface area contributed by atoms with Crippen LogP contribution in [0.3, 0.4) is 0 Å².